The number of hydrogen-bond donors (Lipinski definition) is 2. The molecule has 0 fully saturated rings. The van der Waals surface area contributed by atoms with Gasteiger partial charge in [0.2, 0.25) is 0 Å². The van der Waals surface area contributed by atoms with E-state index in [-0.39, 0.29) is 0 Å². The number of carbonyl (C=O) groups is 1. The third-order valence-corrected chi connectivity index (χ3v) is 2.58. The zero-order chi connectivity index (χ0) is 12.4. The third kappa shape index (κ3) is 2.30. The molecule has 2 N–H and O–H groups in total. The summed E-state index contributed by atoms with van der Waals surface area (Å²) in [5, 5.41) is 19.8. The van der Waals surface area contributed by atoms with Gasteiger partial charge >= 0.3 is 13.1 Å². The zero-order valence-corrected chi connectivity index (χ0v) is 9.25. The molecule has 5 heteroatoms. The van der Waals surface area contributed by atoms with Gasteiger partial charge in [-0.05, 0) is 28.4 Å². The maximum Gasteiger partial charge on any atom is 0.488 e. The summed E-state index contributed by atoms with van der Waals surface area (Å²) >= 11 is 0. The van der Waals surface area contributed by atoms with Crippen LogP contribution < -0.4 is 5.46 Å². The zero-order valence-electron chi connectivity index (χ0n) is 9.25. The van der Waals surface area contributed by atoms with E-state index in [1.54, 1.807) is 36.4 Å². The van der Waals surface area contributed by atoms with Crippen molar-refractivity contribution in [1.82, 2.24) is 0 Å². The van der Waals surface area contributed by atoms with Crippen molar-refractivity contribution in [2.24, 2.45) is 0 Å². The fraction of sp³-hybridized carbons (Fsp3) is 0.0833. The molecule has 0 aliphatic heterocycles. The van der Waals surface area contributed by atoms with E-state index in [1.165, 1.54) is 7.11 Å². The molecule has 17 heavy (non-hydrogen) atoms. The van der Waals surface area contributed by atoms with Crippen LogP contribution in [-0.2, 0) is 4.74 Å². The van der Waals surface area contributed by atoms with Crippen LogP contribution >= 0.6 is 0 Å². The maximum atomic E-state index is 11.4. The number of ether oxygens (including phenoxy) is 1. The Labute approximate surface area is 98.6 Å². The molecule has 4 nitrogen and oxygen atoms in total. The molecular formula is C12H11BO4. The summed E-state index contributed by atoms with van der Waals surface area (Å²) in [6, 6.07) is 10.1. The van der Waals surface area contributed by atoms with Gasteiger partial charge in [0.1, 0.15) is 0 Å². The standard InChI is InChI=1S/C12H11BO4/c1-17-12(14)9-3-2-8-4-5-11(13(15)16)7-10(8)6-9/h2-7,15-16H,1H3. The number of esters is 1. The molecule has 2 rings (SSSR count). The van der Waals surface area contributed by atoms with Crippen molar-refractivity contribution in [1.29, 1.82) is 0 Å². The van der Waals surface area contributed by atoms with E-state index in [4.69, 9.17) is 10.0 Å². The second kappa shape index (κ2) is 4.57. The minimum absolute atomic E-state index is 0.388. The molecule has 2 aromatic carbocycles. The van der Waals surface area contributed by atoms with Gasteiger partial charge in [0.25, 0.3) is 0 Å². The van der Waals surface area contributed by atoms with E-state index in [0.717, 1.165) is 10.8 Å². The van der Waals surface area contributed by atoms with Gasteiger partial charge in [0, 0.05) is 0 Å². The number of rotatable bonds is 2. The number of hydrogen-bond acceptors (Lipinski definition) is 4. The number of methoxy groups -OCH3 is 1. The molecule has 0 aliphatic carbocycles. The molecule has 0 saturated carbocycles. The highest BCUT2D eigenvalue weighted by atomic mass is 16.5. The van der Waals surface area contributed by atoms with Crippen LogP contribution in [0.5, 0.6) is 0 Å². The summed E-state index contributed by atoms with van der Waals surface area (Å²) < 4.78 is 4.63. The molecule has 0 aliphatic rings. The van der Waals surface area contributed by atoms with Crippen molar-refractivity contribution >= 4 is 29.3 Å². The lowest BCUT2D eigenvalue weighted by Crippen LogP contribution is -2.29. The summed E-state index contributed by atoms with van der Waals surface area (Å²) in [4.78, 5) is 11.4. The Morgan fingerprint density at radius 3 is 2.47 bits per heavy atom. The lowest BCUT2D eigenvalue weighted by atomic mass is 9.79. The summed E-state index contributed by atoms with van der Waals surface area (Å²) in [5.74, 6) is -0.415. The van der Waals surface area contributed by atoms with Gasteiger partial charge < -0.3 is 14.8 Å². The van der Waals surface area contributed by atoms with Crippen LogP contribution in [-0.4, -0.2) is 30.2 Å². The van der Waals surface area contributed by atoms with E-state index in [1.807, 2.05) is 0 Å². The summed E-state index contributed by atoms with van der Waals surface area (Å²) in [5.41, 5.74) is 0.823. The highest BCUT2D eigenvalue weighted by Gasteiger charge is 2.12. The van der Waals surface area contributed by atoms with Crippen molar-refractivity contribution in [3.05, 3.63) is 42.0 Å². The fourth-order valence-corrected chi connectivity index (χ4v) is 1.67. The first-order chi connectivity index (χ1) is 8.11. The van der Waals surface area contributed by atoms with Crippen LogP contribution in [0.15, 0.2) is 36.4 Å². The van der Waals surface area contributed by atoms with Crippen LogP contribution in [0, 0.1) is 0 Å². The minimum Gasteiger partial charge on any atom is -0.465 e. The van der Waals surface area contributed by atoms with Gasteiger partial charge in [-0.15, -0.1) is 0 Å². The number of carbonyl (C=O) groups excluding carboxylic acids is 1. The normalized spacial score (nSPS) is 10.3. The molecule has 2 aromatic rings. The Bertz CT molecular complexity index is 565. The maximum absolute atomic E-state index is 11.4. The quantitative estimate of drug-likeness (QED) is 0.575. The smallest absolute Gasteiger partial charge is 0.465 e. The van der Waals surface area contributed by atoms with Crippen LogP contribution in [0.4, 0.5) is 0 Å². The average molecular weight is 230 g/mol. The lowest BCUT2D eigenvalue weighted by Gasteiger charge is -2.04. The van der Waals surface area contributed by atoms with Gasteiger partial charge in [0.05, 0.1) is 12.7 Å². The second-order valence-corrected chi connectivity index (χ2v) is 3.69. The molecule has 0 aromatic heterocycles. The molecular weight excluding hydrogens is 219 g/mol. The number of fused-ring (bicyclic) bond motifs is 1. The molecule has 86 valence electrons. The summed E-state index contributed by atoms with van der Waals surface area (Å²) in [7, 11) is -0.193. The molecule has 0 bridgehead atoms. The Morgan fingerprint density at radius 1 is 1.12 bits per heavy atom. The SMILES string of the molecule is COC(=O)c1ccc2ccc(B(O)O)cc2c1. The van der Waals surface area contributed by atoms with E-state index >= 15 is 0 Å². The summed E-state index contributed by atoms with van der Waals surface area (Å²) in [6.45, 7) is 0. The van der Waals surface area contributed by atoms with Crippen molar-refractivity contribution in [3.63, 3.8) is 0 Å². The number of benzene rings is 2. The lowest BCUT2D eigenvalue weighted by molar-refractivity contribution is 0.0601. The molecule has 0 spiro atoms. The van der Waals surface area contributed by atoms with Gasteiger partial charge in [0.15, 0.2) is 0 Å². The Kier molecular flexibility index (Phi) is 3.13. The van der Waals surface area contributed by atoms with Crippen LogP contribution in [0.1, 0.15) is 10.4 Å². The topological polar surface area (TPSA) is 66.8 Å². The summed E-state index contributed by atoms with van der Waals surface area (Å²) in [6.07, 6.45) is 0. The highest BCUT2D eigenvalue weighted by Crippen LogP contribution is 2.15. The van der Waals surface area contributed by atoms with Gasteiger partial charge in [-0.1, -0.05) is 24.3 Å². The second-order valence-electron chi connectivity index (χ2n) is 3.69. The predicted octanol–water partition coefficient (Wildman–Crippen LogP) is 0.306. The van der Waals surface area contributed by atoms with E-state index in [2.05, 4.69) is 4.74 Å². The molecule has 0 atom stereocenters. The van der Waals surface area contributed by atoms with Crippen LogP contribution in [0.2, 0.25) is 0 Å². The average Bonchev–Trinajstić information content (AvgIpc) is 2.36. The first-order valence-corrected chi connectivity index (χ1v) is 5.10. The largest absolute Gasteiger partial charge is 0.488 e. The highest BCUT2D eigenvalue weighted by molar-refractivity contribution is 6.58. The van der Waals surface area contributed by atoms with Crippen molar-refractivity contribution in [2.75, 3.05) is 7.11 Å². The fourth-order valence-electron chi connectivity index (χ4n) is 1.67. The van der Waals surface area contributed by atoms with Crippen molar-refractivity contribution < 1.29 is 19.6 Å². The molecule has 0 unspecified atom stereocenters. The minimum atomic E-state index is -1.51. The van der Waals surface area contributed by atoms with Crippen LogP contribution in [0.25, 0.3) is 10.8 Å². The molecule has 0 amide bonds. The third-order valence-electron chi connectivity index (χ3n) is 2.58. The Morgan fingerprint density at radius 2 is 1.82 bits per heavy atom. The van der Waals surface area contributed by atoms with E-state index in [0.29, 0.717) is 11.0 Å². The molecule has 0 radical (unpaired) electrons. The Hall–Kier alpha value is -1.85. The first-order valence-electron chi connectivity index (χ1n) is 5.10. The van der Waals surface area contributed by atoms with Gasteiger partial charge in [-0.3, -0.25) is 0 Å². The van der Waals surface area contributed by atoms with E-state index < -0.39 is 13.1 Å². The van der Waals surface area contributed by atoms with Crippen molar-refractivity contribution in [3.8, 4) is 0 Å². The monoisotopic (exact) mass is 230 g/mol. The molecule has 0 heterocycles. The van der Waals surface area contributed by atoms with Crippen molar-refractivity contribution in [2.45, 2.75) is 0 Å². The predicted molar refractivity (Wildman–Crippen MR) is 65.1 cm³/mol. The molecule has 0 saturated heterocycles. The first kappa shape index (κ1) is 11.6. The van der Waals surface area contributed by atoms with Crippen LogP contribution in [0.3, 0.4) is 0 Å². The van der Waals surface area contributed by atoms with E-state index in [9.17, 15) is 4.79 Å². The Balaban J connectivity index is 2.54. The van der Waals surface area contributed by atoms with Gasteiger partial charge in [-0.2, -0.15) is 0 Å². The van der Waals surface area contributed by atoms with Gasteiger partial charge in [-0.25, -0.2) is 4.79 Å².